The summed E-state index contributed by atoms with van der Waals surface area (Å²) in [6.07, 6.45) is -3.37. The number of aromatic amines is 1. The van der Waals surface area contributed by atoms with Gasteiger partial charge in [-0.05, 0) is 30.7 Å². The van der Waals surface area contributed by atoms with Crippen LogP contribution >= 0.6 is 11.6 Å². The quantitative estimate of drug-likeness (QED) is 0.429. The number of pyridine rings is 2. The van der Waals surface area contributed by atoms with Crippen molar-refractivity contribution in [1.29, 1.82) is 0 Å². The second-order valence-electron chi connectivity index (χ2n) is 8.05. The Labute approximate surface area is 201 Å². The van der Waals surface area contributed by atoms with Crippen molar-refractivity contribution in [1.82, 2.24) is 19.9 Å². The molecule has 1 aromatic carbocycles. The normalized spacial score (nSPS) is 13.6. The van der Waals surface area contributed by atoms with Gasteiger partial charge in [-0.1, -0.05) is 17.7 Å². The number of H-pyrrole nitrogens is 1. The first kappa shape index (κ1) is 22.9. The SMILES string of the molecule is Cc1cc(N)nc(-c2cc3ncnc4c3c(c2Cl)OCCN4Cc2cccc(=O)[nH]2)c1C(F)(F)F. The van der Waals surface area contributed by atoms with Crippen LogP contribution in [0.15, 0.2) is 41.5 Å². The van der Waals surface area contributed by atoms with E-state index in [1.165, 1.54) is 31.5 Å². The Morgan fingerprint density at radius 2 is 2.06 bits per heavy atom. The predicted molar refractivity (Wildman–Crippen MR) is 126 cm³/mol. The maximum Gasteiger partial charge on any atom is 0.418 e. The van der Waals surface area contributed by atoms with E-state index in [-0.39, 0.29) is 39.9 Å². The molecule has 1 aliphatic rings. The topological polar surface area (TPSA) is 110 Å². The number of nitrogens with two attached hydrogens (primary N) is 1. The van der Waals surface area contributed by atoms with Crippen molar-refractivity contribution in [2.75, 3.05) is 23.8 Å². The lowest BCUT2D eigenvalue weighted by atomic mass is 9.99. The second kappa shape index (κ2) is 8.42. The molecule has 5 rings (SSSR count). The monoisotopic (exact) mass is 502 g/mol. The average molecular weight is 503 g/mol. The Bertz CT molecular complexity index is 1520. The maximum absolute atomic E-state index is 14.0. The molecule has 180 valence electrons. The van der Waals surface area contributed by atoms with Crippen LogP contribution in [0.5, 0.6) is 5.75 Å². The first-order valence-corrected chi connectivity index (χ1v) is 10.9. The molecule has 0 saturated heterocycles. The van der Waals surface area contributed by atoms with E-state index >= 15 is 0 Å². The Balaban J connectivity index is 1.72. The number of nitrogens with one attached hydrogen (secondary N) is 1. The van der Waals surface area contributed by atoms with Gasteiger partial charge in [-0.25, -0.2) is 15.0 Å². The molecule has 35 heavy (non-hydrogen) atoms. The Kier molecular flexibility index (Phi) is 5.51. The van der Waals surface area contributed by atoms with Crippen LogP contribution in [0.3, 0.4) is 0 Å². The summed E-state index contributed by atoms with van der Waals surface area (Å²) in [5.74, 6) is 0.571. The molecule has 3 N–H and O–H groups in total. The molecule has 4 aromatic rings. The molecule has 0 unspecified atom stereocenters. The molecule has 0 radical (unpaired) electrons. The Hall–Kier alpha value is -3.86. The lowest BCUT2D eigenvalue weighted by molar-refractivity contribution is -0.137. The smallest absolute Gasteiger partial charge is 0.418 e. The van der Waals surface area contributed by atoms with Crippen LogP contribution in [0.1, 0.15) is 16.8 Å². The molecule has 0 amide bonds. The number of nitrogens with zero attached hydrogens (tertiary/aromatic N) is 4. The zero-order valence-corrected chi connectivity index (χ0v) is 19.0. The molecule has 0 atom stereocenters. The van der Waals surface area contributed by atoms with Crippen molar-refractivity contribution < 1.29 is 17.9 Å². The molecule has 4 heterocycles. The van der Waals surface area contributed by atoms with Crippen molar-refractivity contribution in [3.05, 3.63) is 68.9 Å². The average Bonchev–Trinajstić information content (AvgIpc) is 2.95. The van der Waals surface area contributed by atoms with Gasteiger partial charge in [0.1, 0.15) is 24.6 Å². The molecular formula is C23H18ClF3N6O2. The third kappa shape index (κ3) is 4.12. The summed E-state index contributed by atoms with van der Waals surface area (Å²) >= 11 is 6.66. The van der Waals surface area contributed by atoms with Gasteiger partial charge in [-0.2, -0.15) is 13.2 Å². The van der Waals surface area contributed by atoms with E-state index in [9.17, 15) is 18.0 Å². The van der Waals surface area contributed by atoms with Crippen molar-refractivity contribution in [2.24, 2.45) is 0 Å². The fourth-order valence-electron chi connectivity index (χ4n) is 4.26. The number of hydrogen-bond donors (Lipinski definition) is 2. The molecule has 0 aliphatic carbocycles. The zero-order chi connectivity index (χ0) is 24.9. The minimum absolute atomic E-state index is 0.00220. The number of halogens is 4. The van der Waals surface area contributed by atoms with Crippen LogP contribution in [0.2, 0.25) is 5.02 Å². The van der Waals surface area contributed by atoms with E-state index in [2.05, 4.69) is 19.9 Å². The van der Waals surface area contributed by atoms with Gasteiger partial charge in [0.25, 0.3) is 0 Å². The van der Waals surface area contributed by atoms with Crippen LogP contribution in [0.4, 0.5) is 24.8 Å². The third-order valence-corrected chi connectivity index (χ3v) is 6.05. The molecule has 0 bridgehead atoms. The molecule has 0 fully saturated rings. The highest BCUT2D eigenvalue weighted by atomic mass is 35.5. The fraction of sp³-hybridized carbons (Fsp3) is 0.217. The van der Waals surface area contributed by atoms with Gasteiger partial charge < -0.3 is 20.4 Å². The molecule has 12 heteroatoms. The number of ether oxygens (including phenoxy) is 1. The van der Waals surface area contributed by atoms with E-state index in [1.54, 1.807) is 12.1 Å². The number of aryl methyl sites for hydroxylation is 1. The molecule has 0 saturated carbocycles. The molecule has 8 nitrogen and oxygen atoms in total. The van der Waals surface area contributed by atoms with E-state index in [0.717, 1.165) is 0 Å². The first-order chi connectivity index (χ1) is 16.6. The van der Waals surface area contributed by atoms with Gasteiger partial charge in [-0.15, -0.1) is 0 Å². The summed E-state index contributed by atoms with van der Waals surface area (Å²) in [4.78, 5) is 29.0. The van der Waals surface area contributed by atoms with E-state index in [1.807, 2.05) is 4.90 Å². The highest BCUT2D eigenvalue weighted by molar-refractivity contribution is 6.36. The zero-order valence-electron chi connectivity index (χ0n) is 18.3. The minimum Gasteiger partial charge on any atom is -0.489 e. The Morgan fingerprint density at radius 3 is 2.80 bits per heavy atom. The van der Waals surface area contributed by atoms with Gasteiger partial charge in [0.05, 0.1) is 40.3 Å². The lowest BCUT2D eigenvalue weighted by Gasteiger charge is -2.22. The summed E-state index contributed by atoms with van der Waals surface area (Å²) in [6.45, 7) is 2.18. The summed E-state index contributed by atoms with van der Waals surface area (Å²) in [7, 11) is 0. The van der Waals surface area contributed by atoms with Crippen LogP contribution in [-0.2, 0) is 12.7 Å². The number of benzene rings is 1. The van der Waals surface area contributed by atoms with E-state index in [4.69, 9.17) is 22.1 Å². The summed E-state index contributed by atoms with van der Waals surface area (Å²) in [5.41, 5.74) is 5.14. The second-order valence-corrected chi connectivity index (χ2v) is 8.43. The van der Waals surface area contributed by atoms with Crippen LogP contribution in [0, 0.1) is 6.92 Å². The largest absolute Gasteiger partial charge is 0.489 e. The van der Waals surface area contributed by atoms with Crippen LogP contribution in [0.25, 0.3) is 22.2 Å². The number of hydrogen-bond acceptors (Lipinski definition) is 7. The van der Waals surface area contributed by atoms with Gasteiger partial charge in [0, 0.05) is 17.3 Å². The summed E-state index contributed by atoms with van der Waals surface area (Å²) in [5, 5.41) is 0.401. The number of anilines is 2. The van der Waals surface area contributed by atoms with Crippen molar-refractivity contribution in [2.45, 2.75) is 19.6 Å². The minimum atomic E-state index is -4.69. The third-order valence-electron chi connectivity index (χ3n) is 5.67. The molecular weight excluding hydrogens is 485 g/mol. The Morgan fingerprint density at radius 1 is 1.26 bits per heavy atom. The number of rotatable bonds is 3. The fourth-order valence-corrected chi connectivity index (χ4v) is 4.55. The van der Waals surface area contributed by atoms with Crippen LogP contribution in [-0.4, -0.2) is 33.1 Å². The standard InChI is InChI=1S/C23H18ClF3N6O2/c1-11-7-15(28)32-20(18(11)23(25,26)27)13-8-14-17-21(19(13)24)35-6-5-33(22(17)30-10-29-14)9-12-3-2-4-16(34)31-12/h2-4,7-8,10H,5-6,9H2,1H3,(H2,28,32)(H,31,34). The van der Waals surface area contributed by atoms with Gasteiger partial charge in [-0.3, -0.25) is 4.79 Å². The predicted octanol–water partition coefficient (Wildman–Crippen LogP) is 4.34. The van der Waals surface area contributed by atoms with Gasteiger partial charge in [0.2, 0.25) is 5.56 Å². The summed E-state index contributed by atoms with van der Waals surface area (Å²) < 4.78 is 47.8. The highest BCUT2D eigenvalue weighted by Crippen LogP contribution is 2.47. The number of nitrogen functional groups attached to an aromatic ring is 1. The van der Waals surface area contributed by atoms with Crippen molar-refractivity contribution in [3.63, 3.8) is 0 Å². The van der Waals surface area contributed by atoms with Gasteiger partial charge >= 0.3 is 6.18 Å². The molecule has 0 spiro atoms. The lowest BCUT2D eigenvalue weighted by Crippen LogP contribution is -2.28. The molecule has 1 aliphatic heterocycles. The van der Waals surface area contributed by atoms with Crippen LogP contribution < -0.4 is 20.9 Å². The van der Waals surface area contributed by atoms with Gasteiger partial charge in [0.15, 0.2) is 5.75 Å². The maximum atomic E-state index is 14.0. The number of alkyl halides is 3. The number of aromatic nitrogens is 4. The van der Waals surface area contributed by atoms with E-state index in [0.29, 0.717) is 35.5 Å². The highest BCUT2D eigenvalue weighted by Gasteiger charge is 2.38. The molecule has 3 aromatic heterocycles. The van der Waals surface area contributed by atoms with E-state index < -0.39 is 17.4 Å². The first-order valence-electron chi connectivity index (χ1n) is 10.5. The van der Waals surface area contributed by atoms with Crippen molar-refractivity contribution >= 4 is 34.1 Å². The van der Waals surface area contributed by atoms with Crippen molar-refractivity contribution in [3.8, 4) is 17.0 Å². The summed E-state index contributed by atoms with van der Waals surface area (Å²) in [6, 6.07) is 7.43.